The first-order chi connectivity index (χ1) is 8.12. The maximum atomic E-state index is 9.12. The van der Waals surface area contributed by atoms with Gasteiger partial charge in [-0.25, -0.2) is 0 Å². The summed E-state index contributed by atoms with van der Waals surface area (Å²) >= 11 is 0. The van der Waals surface area contributed by atoms with Crippen LogP contribution in [0.4, 0.5) is 5.69 Å². The lowest BCUT2D eigenvalue weighted by Gasteiger charge is -2.24. The van der Waals surface area contributed by atoms with Crippen molar-refractivity contribution in [3.8, 4) is 11.8 Å². The molecule has 1 aromatic carbocycles. The number of rotatable bonds is 5. The Morgan fingerprint density at radius 1 is 1.53 bits per heavy atom. The van der Waals surface area contributed by atoms with Gasteiger partial charge in [0, 0.05) is 19.2 Å². The van der Waals surface area contributed by atoms with E-state index >= 15 is 0 Å². The van der Waals surface area contributed by atoms with Gasteiger partial charge in [-0.15, -0.1) is 0 Å². The normalized spacial score (nSPS) is 9.53. The van der Waals surface area contributed by atoms with Crippen molar-refractivity contribution in [1.29, 1.82) is 5.26 Å². The van der Waals surface area contributed by atoms with Gasteiger partial charge >= 0.3 is 0 Å². The average Bonchev–Trinajstić information content (AvgIpc) is 2.34. The van der Waals surface area contributed by atoms with Crippen molar-refractivity contribution in [2.75, 3.05) is 25.1 Å². The third kappa shape index (κ3) is 3.25. The summed E-state index contributed by atoms with van der Waals surface area (Å²) in [7, 11) is 1.63. The topological polar surface area (TPSA) is 36.3 Å². The van der Waals surface area contributed by atoms with Gasteiger partial charge in [0.25, 0.3) is 0 Å². The van der Waals surface area contributed by atoms with Gasteiger partial charge < -0.3 is 9.64 Å². The third-order valence-electron chi connectivity index (χ3n) is 2.51. The minimum atomic E-state index is 0.661. The molecular formula is C14H18N2O. The van der Waals surface area contributed by atoms with Crippen molar-refractivity contribution in [2.24, 2.45) is 0 Å². The van der Waals surface area contributed by atoms with Crippen molar-refractivity contribution < 1.29 is 4.74 Å². The quantitative estimate of drug-likeness (QED) is 0.730. The first-order valence-electron chi connectivity index (χ1n) is 5.59. The molecule has 3 heteroatoms. The molecule has 0 aromatic heterocycles. The fourth-order valence-corrected chi connectivity index (χ4v) is 1.69. The minimum absolute atomic E-state index is 0.661. The molecule has 0 heterocycles. The molecule has 0 saturated heterocycles. The van der Waals surface area contributed by atoms with Gasteiger partial charge in [0.1, 0.15) is 11.8 Å². The number of nitrogens with zero attached hydrogens (tertiary/aromatic N) is 2. The Morgan fingerprint density at radius 3 is 2.71 bits per heavy atom. The second kappa shape index (κ2) is 5.95. The van der Waals surface area contributed by atoms with E-state index in [2.05, 4.69) is 24.5 Å². The van der Waals surface area contributed by atoms with Crippen LogP contribution in [0, 0.1) is 11.3 Å². The zero-order valence-electron chi connectivity index (χ0n) is 10.7. The summed E-state index contributed by atoms with van der Waals surface area (Å²) in [5, 5.41) is 9.12. The predicted octanol–water partition coefficient (Wildman–Crippen LogP) is 2.97. The second-order valence-electron chi connectivity index (χ2n) is 3.97. The van der Waals surface area contributed by atoms with Crippen LogP contribution in [0.25, 0.3) is 0 Å². The fourth-order valence-electron chi connectivity index (χ4n) is 1.69. The monoisotopic (exact) mass is 230 g/mol. The molecule has 1 rings (SSSR count). The van der Waals surface area contributed by atoms with Crippen LogP contribution in [0.5, 0.6) is 5.75 Å². The van der Waals surface area contributed by atoms with E-state index in [4.69, 9.17) is 10.00 Å². The summed E-state index contributed by atoms with van der Waals surface area (Å²) in [6.07, 6.45) is 0. The molecule has 17 heavy (non-hydrogen) atoms. The molecular weight excluding hydrogens is 212 g/mol. The molecule has 0 fully saturated rings. The number of methoxy groups -OCH3 is 1. The number of benzene rings is 1. The van der Waals surface area contributed by atoms with Crippen molar-refractivity contribution in [2.45, 2.75) is 13.8 Å². The molecule has 0 spiro atoms. The Hall–Kier alpha value is -1.95. The van der Waals surface area contributed by atoms with E-state index in [1.807, 2.05) is 13.0 Å². The molecule has 0 amide bonds. The molecule has 0 aliphatic carbocycles. The molecule has 0 unspecified atom stereocenters. The van der Waals surface area contributed by atoms with Crippen LogP contribution in [0.3, 0.4) is 0 Å². The molecule has 0 aliphatic rings. The lowest BCUT2D eigenvalue weighted by molar-refractivity contribution is 0.415. The lowest BCUT2D eigenvalue weighted by atomic mass is 10.1. The molecule has 0 N–H and O–H groups in total. The van der Waals surface area contributed by atoms with E-state index in [0.717, 1.165) is 30.1 Å². The highest BCUT2D eigenvalue weighted by Crippen LogP contribution is 2.26. The largest absolute Gasteiger partial charge is 0.497 e. The molecule has 0 aliphatic heterocycles. The SMILES string of the molecule is C=C(C)CN(CC)c1cc(OC)ccc1C#N. The maximum absolute atomic E-state index is 9.12. The van der Waals surface area contributed by atoms with Gasteiger partial charge in [-0.1, -0.05) is 12.2 Å². The summed E-state index contributed by atoms with van der Waals surface area (Å²) in [5.74, 6) is 0.763. The van der Waals surface area contributed by atoms with Crippen LogP contribution in [-0.4, -0.2) is 20.2 Å². The van der Waals surface area contributed by atoms with Crippen LogP contribution in [-0.2, 0) is 0 Å². The van der Waals surface area contributed by atoms with Crippen LogP contribution >= 0.6 is 0 Å². The number of likely N-dealkylation sites (N-methyl/N-ethyl adjacent to an activating group) is 1. The van der Waals surface area contributed by atoms with Gasteiger partial charge in [0.05, 0.1) is 18.4 Å². The molecule has 0 saturated carbocycles. The van der Waals surface area contributed by atoms with Crippen LogP contribution in [0.15, 0.2) is 30.4 Å². The Kier molecular flexibility index (Phi) is 4.59. The highest BCUT2D eigenvalue weighted by Gasteiger charge is 2.11. The summed E-state index contributed by atoms with van der Waals surface area (Å²) in [4.78, 5) is 2.11. The Balaban J connectivity index is 3.15. The van der Waals surface area contributed by atoms with E-state index in [1.54, 1.807) is 19.2 Å². The molecule has 0 radical (unpaired) electrons. The van der Waals surface area contributed by atoms with E-state index in [9.17, 15) is 0 Å². The second-order valence-corrected chi connectivity index (χ2v) is 3.97. The van der Waals surface area contributed by atoms with Gasteiger partial charge in [0.15, 0.2) is 0 Å². The van der Waals surface area contributed by atoms with E-state index < -0.39 is 0 Å². The molecule has 1 aromatic rings. The zero-order chi connectivity index (χ0) is 12.8. The van der Waals surface area contributed by atoms with Gasteiger partial charge in [0.2, 0.25) is 0 Å². The molecule has 90 valence electrons. The Morgan fingerprint density at radius 2 is 2.24 bits per heavy atom. The van der Waals surface area contributed by atoms with Crippen molar-refractivity contribution in [3.05, 3.63) is 35.9 Å². The van der Waals surface area contributed by atoms with Crippen molar-refractivity contribution in [1.82, 2.24) is 0 Å². The molecule has 0 atom stereocenters. The Bertz CT molecular complexity index is 446. The average molecular weight is 230 g/mol. The van der Waals surface area contributed by atoms with Crippen LogP contribution in [0.1, 0.15) is 19.4 Å². The first-order valence-corrected chi connectivity index (χ1v) is 5.59. The summed E-state index contributed by atoms with van der Waals surface area (Å²) < 4.78 is 5.20. The summed E-state index contributed by atoms with van der Waals surface area (Å²) in [5.41, 5.74) is 2.63. The molecule has 0 bridgehead atoms. The standard InChI is InChI=1S/C14H18N2O/c1-5-16(10-11(2)3)14-8-13(17-4)7-6-12(14)9-15/h6-8H,2,5,10H2,1,3-4H3. The number of ether oxygens (including phenoxy) is 1. The minimum Gasteiger partial charge on any atom is -0.497 e. The fraction of sp³-hybridized carbons (Fsp3) is 0.357. The summed E-state index contributed by atoms with van der Waals surface area (Å²) in [6, 6.07) is 7.69. The highest BCUT2D eigenvalue weighted by molar-refractivity contribution is 5.62. The van der Waals surface area contributed by atoms with Gasteiger partial charge in [-0.2, -0.15) is 5.26 Å². The number of nitriles is 1. The Labute approximate surface area is 103 Å². The predicted molar refractivity (Wildman–Crippen MR) is 70.4 cm³/mol. The van der Waals surface area contributed by atoms with Gasteiger partial charge in [-0.05, 0) is 26.0 Å². The van der Waals surface area contributed by atoms with Crippen LogP contribution < -0.4 is 9.64 Å². The number of hydrogen-bond donors (Lipinski definition) is 0. The van der Waals surface area contributed by atoms with Gasteiger partial charge in [-0.3, -0.25) is 0 Å². The van der Waals surface area contributed by atoms with Crippen molar-refractivity contribution in [3.63, 3.8) is 0 Å². The van der Waals surface area contributed by atoms with Crippen LogP contribution in [0.2, 0.25) is 0 Å². The number of anilines is 1. The smallest absolute Gasteiger partial charge is 0.121 e. The third-order valence-corrected chi connectivity index (χ3v) is 2.51. The number of hydrogen-bond acceptors (Lipinski definition) is 3. The highest BCUT2D eigenvalue weighted by atomic mass is 16.5. The first kappa shape index (κ1) is 13.1. The zero-order valence-corrected chi connectivity index (χ0v) is 10.7. The maximum Gasteiger partial charge on any atom is 0.121 e. The molecule has 3 nitrogen and oxygen atoms in total. The lowest BCUT2D eigenvalue weighted by Crippen LogP contribution is -2.25. The van der Waals surface area contributed by atoms with E-state index in [1.165, 1.54) is 0 Å². The van der Waals surface area contributed by atoms with E-state index in [-0.39, 0.29) is 0 Å². The van der Waals surface area contributed by atoms with Crippen molar-refractivity contribution >= 4 is 5.69 Å². The summed E-state index contributed by atoms with van der Waals surface area (Å²) in [6.45, 7) is 9.53. The van der Waals surface area contributed by atoms with E-state index in [0.29, 0.717) is 5.56 Å².